The first-order valence-corrected chi connectivity index (χ1v) is 6.26. The molecule has 0 spiro atoms. The molecule has 2 heterocycles. The summed E-state index contributed by atoms with van der Waals surface area (Å²) in [6.07, 6.45) is -10.8. The first-order valence-electron chi connectivity index (χ1n) is 6.26. The van der Waals surface area contributed by atoms with Crippen LogP contribution in [0.2, 0.25) is 0 Å². The van der Waals surface area contributed by atoms with Gasteiger partial charge >= 0.3 is 12.4 Å². The van der Waals surface area contributed by atoms with E-state index in [4.69, 9.17) is 9.57 Å². The van der Waals surface area contributed by atoms with Gasteiger partial charge in [0.1, 0.15) is 0 Å². The summed E-state index contributed by atoms with van der Waals surface area (Å²) in [5.74, 6) is -0.454. The van der Waals surface area contributed by atoms with Gasteiger partial charge in [0.25, 0.3) is 0 Å². The molecule has 0 radical (unpaired) electrons. The highest BCUT2D eigenvalue weighted by molar-refractivity contribution is 5.90. The van der Waals surface area contributed by atoms with Crippen molar-refractivity contribution in [1.29, 1.82) is 0 Å². The number of rotatable bonds is 1. The fourth-order valence-electron chi connectivity index (χ4n) is 2.48. The van der Waals surface area contributed by atoms with E-state index in [1.807, 2.05) is 0 Å². The van der Waals surface area contributed by atoms with Gasteiger partial charge in [-0.2, -0.15) is 26.3 Å². The van der Waals surface area contributed by atoms with Gasteiger partial charge in [-0.05, 0) is 23.8 Å². The van der Waals surface area contributed by atoms with E-state index >= 15 is 0 Å². The molecule has 0 aliphatic carbocycles. The molecule has 2 aliphatic heterocycles. The molecule has 0 amide bonds. The Morgan fingerprint density at radius 1 is 0.955 bits per heavy atom. The number of ether oxygens (including phenoxy) is 1. The van der Waals surface area contributed by atoms with Crippen LogP contribution in [0.25, 0.3) is 0 Å². The molecule has 9 heteroatoms. The lowest BCUT2D eigenvalue weighted by atomic mass is 9.92. The van der Waals surface area contributed by atoms with E-state index in [-0.39, 0.29) is 24.8 Å². The summed E-state index contributed by atoms with van der Waals surface area (Å²) < 4.78 is 82.1. The van der Waals surface area contributed by atoms with Crippen molar-refractivity contribution in [3.8, 4) is 0 Å². The zero-order valence-electron chi connectivity index (χ0n) is 10.8. The molecule has 120 valence electrons. The van der Waals surface area contributed by atoms with Crippen molar-refractivity contribution in [2.45, 2.75) is 18.5 Å². The van der Waals surface area contributed by atoms with E-state index in [0.717, 1.165) is 0 Å². The quantitative estimate of drug-likeness (QED) is 0.736. The van der Waals surface area contributed by atoms with Crippen molar-refractivity contribution in [1.82, 2.24) is 0 Å². The van der Waals surface area contributed by atoms with Gasteiger partial charge in [-0.15, -0.1) is 0 Å². The van der Waals surface area contributed by atoms with E-state index < -0.39 is 35.5 Å². The summed E-state index contributed by atoms with van der Waals surface area (Å²) in [4.78, 5) is 5.01. The Bertz CT molecular complexity index is 590. The SMILES string of the molecule is FC(F)(F)c1cc(C2ON=C3COC[C@H]32)cc(C(F)(F)F)c1. The fraction of sp³-hybridized carbons (Fsp3) is 0.462. The zero-order valence-corrected chi connectivity index (χ0v) is 10.8. The van der Waals surface area contributed by atoms with Crippen LogP contribution in [-0.2, 0) is 21.9 Å². The molecule has 22 heavy (non-hydrogen) atoms. The number of oxime groups is 1. The molecule has 0 bridgehead atoms. The Morgan fingerprint density at radius 3 is 2.09 bits per heavy atom. The number of benzene rings is 1. The third kappa shape index (κ3) is 2.65. The van der Waals surface area contributed by atoms with Crippen LogP contribution in [0.4, 0.5) is 26.3 Å². The highest BCUT2D eigenvalue weighted by Gasteiger charge is 2.42. The van der Waals surface area contributed by atoms with Crippen molar-refractivity contribution >= 4 is 5.71 Å². The minimum Gasteiger partial charge on any atom is -0.387 e. The maximum absolute atomic E-state index is 12.8. The maximum Gasteiger partial charge on any atom is 0.416 e. The molecule has 1 aromatic rings. The number of alkyl halides is 6. The van der Waals surface area contributed by atoms with Crippen LogP contribution in [0.15, 0.2) is 23.4 Å². The summed E-state index contributed by atoms with van der Waals surface area (Å²) in [5.41, 5.74) is -2.45. The molecule has 1 unspecified atom stereocenters. The number of halogens is 6. The zero-order chi connectivity index (χ0) is 16.1. The second kappa shape index (κ2) is 4.87. The molecular formula is C13H9F6NO2. The molecule has 2 aliphatic rings. The lowest BCUT2D eigenvalue weighted by Crippen LogP contribution is -2.18. The van der Waals surface area contributed by atoms with E-state index in [2.05, 4.69) is 5.16 Å². The van der Waals surface area contributed by atoms with Gasteiger partial charge in [-0.3, -0.25) is 0 Å². The van der Waals surface area contributed by atoms with Gasteiger partial charge in [0.15, 0.2) is 6.10 Å². The van der Waals surface area contributed by atoms with Gasteiger partial charge in [-0.1, -0.05) is 5.16 Å². The van der Waals surface area contributed by atoms with Crippen molar-refractivity contribution < 1.29 is 35.9 Å². The molecule has 1 fully saturated rings. The summed E-state index contributed by atoms with van der Waals surface area (Å²) in [6.45, 7) is 0.327. The van der Waals surface area contributed by atoms with Crippen LogP contribution in [0, 0.1) is 5.92 Å². The number of fused-ring (bicyclic) bond motifs is 1. The summed E-state index contributed by atoms with van der Waals surface area (Å²) in [5, 5.41) is 3.67. The Morgan fingerprint density at radius 2 is 1.55 bits per heavy atom. The Balaban J connectivity index is 2.04. The Kier molecular flexibility index (Phi) is 3.35. The molecule has 0 aromatic heterocycles. The first kappa shape index (κ1) is 15.1. The van der Waals surface area contributed by atoms with Crippen LogP contribution in [0.1, 0.15) is 22.8 Å². The van der Waals surface area contributed by atoms with E-state index in [9.17, 15) is 26.3 Å². The monoisotopic (exact) mass is 325 g/mol. The van der Waals surface area contributed by atoms with Crippen molar-refractivity contribution in [3.05, 3.63) is 34.9 Å². The summed E-state index contributed by atoms with van der Waals surface area (Å²) >= 11 is 0. The third-order valence-corrected chi connectivity index (χ3v) is 3.56. The van der Waals surface area contributed by atoms with Gasteiger partial charge < -0.3 is 9.57 Å². The summed E-state index contributed by atoms with van der Waals surface area (Å²) in [7, 11) is 0. The topological polar surface area (TPSA) is 30.8 Å². The van der Waals surface area contributed by atoms with Crippen LogP contribution >= 0.6 is 0 Å². The van der Waals surface area contributed by atoms with Crippen LogP contribution in [0.3, 0.4) is 0 Å². The largest absolute Gasteiger partial charge is 0.416 e. The summed E-state index contributed by atoms with van der Waals surface area (Å²) in [6, 6.07) is 1.42. The fourth-order valence-corrected chi connectivity index (χ4v) is 2.48. The average molecular weight is 325 g/mol. The van der Waals surface area contributed by atoms with Gasteiger partial charge in [-0.25, -0.2) is 0 Å². The second-order valence-electron chi connectivity index (χ2n) is 5.07. The lowest BCUT2D eigenvalue weighted by Gasteiger charge is -2.19. The predicted molar refractivity (Wildman–Crippen MR) is 62.0 cm³/mol. The highest BCUT2D eigenvalue weighted by Crippen LogP contribution is 2.41. The number of nitrogens with zero attached hydrogens (tertiary/aromatic N) is 1. The normalized spacial score (nSPS) is 24.9. The van der Waals surface area contributed by atoms with Gasteiger partial charge in [0, 0.05) is 0 Å². The lowest BCUT2D eigenvalue weighted by molar-refractivity contribution is -0.143. The second-order valence-corrected chi connectivity index (χ2v) is 5.07. The molecule has 0 saturated carbocycles. The standard InChI is InChI=1S/C13H9F6NO2/c14-12(15,16)7-1-6(2-8(3-7)13(17,18)19)11-9-4-21-5-10(9)20-22-11/h1-3,9,11H,4-5H2/t9-,11?/m1/s1. The minimum atomic E-state index is -4.88. The van der Waals surface area contributed by atoms with Crippen molar-refractivity contribution in [3.63, 3.8) is 0 Å². The highest BCUT2D eigenvalue weighted by atomic mass is 19.4. The number of hydrogen-bond acceptors (Lipinski definition) is 3. The molecular weight excluding hydrogens is 316 g/mol. The van der Waals surface area contributed by atoms with Crippen LogP contribution in [0.5, 0.6) is 0 Å². The maximum atomic E-state index is 12.8. The van der Waals surface area contributed by atoms with E-state index in [0.29, 0.717) is 17.8 Å². The Hall–Kier alpha value is -1.77. The molecule has 1 saturated heterocycles. The third-order valence-electron chi connectivity index (χ3n) is 3.56. The molecule has 3 rings (SSSR count). The van der Waals surface area contributed by atoms with Crippen LogP contribution in [-0.4, -0.2) is 18.9 Å². The molecule has 0 N–H and O–H groups in total. The van der Waals surface area contributed by atoms with Crippen LogP contribution < -0.4 is 0 Å². The number of hydrogen-bond donors (Lipinski definition) is 0. The van der Waals surface area contributed by atoms with E-state index in [1.165, 1.54) is 0 Å². The molecule has 3 nitrogen and oxygen atoms in total. The smallest absolute Gasteiger partial charge is 0.387 e. The first-order chi connectivity index (χ1) is 10.2. The predicted octanol–water partition coefficient (Wildman–Crippen LogP) is 3.80. The van der Waals surface area contributed by atoms with Gasteiger partial charge in [0.2, 0.25) is 0 Å². The van der Waals surface area contributed by atoms with Crippen molar-refractivity contribution in [2.75, 3.05) is 13.2 Å². The molecule has 2 atom stereocenters. The van der Waals surface area contributed by atoms with E-state index in [1.54, 1.807) is 0 Å². The Labute approximate surface area is 120 Å². The molecule has 1 aromatic carbocycles. The van der Waals surface area contributed by atoms with Crippen molar-refractivity contribution in [2.24, 2.45) is 11.1 Å². The minimum absolute atomic E-state index is 0.0887. The van der Waals surface area contributed by atoms with Gasteiger partial charge in [0.05, 0.1) is 36.0 Å². The average Bonchev–Trinajstić information content (AvgIpc) is 2.98.